The second kappa shape index (κ2) is 7.19. The molecule has 0 saturated carbocycles. The number of nitrogens with zero attached hydrogens (tertiary/aromatic N) is 2. The molecule has 1 saturated heterocycles. The van der Waals surface area contributed by atoms with Crippen molar-refractivity contribution in [3.05, 3.63) is 42.5 Å². The number of benzene rings is 2. The number of nitrogens with two attached hydrogens (primary N) is 1. The zero-order chi connectivity index (χ0) is 18.8. The Morgan fingerprint density at radius 1 is 1.26 bits per heavy atom. The number of hydrogen-bond acceptors (Lipinski definition) is 6. The summed E-state index contributed by atoms with van der Waals surface area (Å²) in [4.78, 5) is 19.3. The summed E-state index contributed by atoms with van der Waals surface area (Å²) >= 11 is 0. The third-order valence-electron chi connectivity index (χ3n) is 4.94. The maximum absolute atomic E-state index is 12.6. The van der Waals surface area contributed by atoms with Crippen LogP contribution in [0.15, 0.2) is 46.9 Å². The normalized spacial score (nSPS) is 15.1. The summed E-state index contributed by atoms with van der Waals surface area (Å²) in [7, 11) is 1.58. The average Bonchev–Trinajstić information content (AvgIpc) is 3.14. The molecule has 4 rings (SSSR count). The highest BCUT2D eigenvalue weighted by Gasteiger charge is 2.27. The van der Waals surface area contributed by atoms with Gasteiger partial charge in [0.05, 0.1) is 18.5 Å². The molecular formula is C20H22N4O3. The summed E-state index contributed by atoms with van der Waals surface area (Å²) < 4.78 is 11.0. The minimum Gasteiger partial charge on any atom is -0.497 e. The second-order valence-corrected chi connectivity index (χ2v) is 6.67. The van der Waals surface area contributed by atoms with Crippen LogP contribution < -0.4 is 20.7 Å². The first-order valence-corrected chi connectivity index (χ1v) is 8.99. The lowest BCUT2D eigenvalue weighted by Gasteiger charge is -2.30. The molecule has 0 spiro atoms. The fraction of sp³-hybridized carbons (Fsp3) is 0.300. The van der Waals surface area contributed by atoms with E-state index in [1.807, 2.05) is 24.3 Å². The van der Waals surface area contributed by atoms with Crippen LogP contribution >= 0.6 is 0 Å². The molecule has 1 aliphatic heterocycles. The largest absolute Gasteiger partial charge is 0.497 e. The zero-order valence-corrected chi connectivity index (χ0v) is 15.1. The van der Waals surface area contributed by atoms with E-state index in [0.29, 0.717) is 23.1 Å². The molecule has 2 aromatic carbocycles. The molecule has 1 aliphatic rings. The van der Waals surface area contributed by atoms with Crippen molar-refractivity contribution in [1.82, 2.24) is 4.98 Å². The maximum Gasteiger partial charge on any atom is 0.298 e. The molecule has 1 fully saturated rings. The summed E-state index contributed by atoms with van der Waals surface area (Å²) in [5.41, 5.74) is 8.69. The lowest BCUT2D eigenvalue weighted by Crippen LogP contribution is -2.38. The van der Waals surface area contributed by atoms with Crippen molar-refractivity contribution >= 4 is 34.4 Å². The minimum absolute atomic E-state index is 0.0211. The number of ether oxygens (including phenoxy) is 1. The van der Waals surface area contributed by atoms with Crippen LogP contribution in [0.25, 0.3) is 11.1 Å². The summed E-state index contributed by atoms with van der Waals surface area (Å²) in [5, 5.41) is 2.93. The molecule has 7 nitrogen and oxygen atoms in total. The standard InChI is InChI=1S/C20H22N4O3/c1-26-14-6-7-15(21)17(12-14)22-19(25)13-8-10-24(11-9-13)20-23-16-4-2-3-5-18(16)27-20/h2-7,12-13H,8-11,21H2,1H3,(H,22,25). The fourth-order valence-corrected chi connectivity index (χ4v) is 3.33. The number of nitrogens with one attached hydrogen (secondary N) is 1. The van der Waals surface area contributed by atoms with Crippen LogP contribution in [0, 0.1) is 5.92 Å². The lowest BCUT2D eigenvalue weighted by atomic mass is 9.96. The average molecular weight is 366 g/mol. The van der Waals surface area contributed by atoms with E-state index in [1.165, 1.54) is 0 Å². The number of carbonyl (C=O) groups excluding carboxylic acids is 1. The van der Waals surface area contributed by atoms with Gasteiger partial charge in [-0.25, -0.2) is 0 Å². The van der Waals surface area contributed by atoms with Crippen molar-refractivity contribution in [3.63, 3.8) is 0 Å². The van der Waals surface area contributed by atoms with Crippen molar-refractivity contribution in [2.24, 2.45) is 5.92 Å². The molecule has 140 valence electrons. The molecule has 0 radical (unpaired) electrons. The molecule has 3 aromatic rings. The molecule has 1 aromatic heterocycles. The predicted octanol–water partition coefficient (Wildman–Crippen LogP) is 3.27. The van der Waals surface area contributed by atoms with Gasteiger partial charge in [-0.3, -0.25) is 4.79 Å². The van der Waals surface area contributed by atoms with Crippen LogP contribution in [0.4, 0.5) is 17.4 Å². The van der Waals surface area contributed by atoms with Gasteiger partial charge in [0.2, 0.25) is 5.91 Å². The molecule has 0 atom stereocenters. The van der Waals surface area contributed by atoms with Crippen LogP contribution in [-0.4, -0.2) is 31.1 Å². The van der Waals surface area contributed by atoms with Gasteiger partial charge < -0.3 is 25.1 Å². The Bertz CT molecular complexity index is 928. The monoisotopic (exact) mass is 366 g/mol. The Balaban J connectivity index is 1.39. The lowest BCUT2D eigenvalue weighted by molar-refractivity contribution is -0.120. The summed E-state index contributed by atoms with van der Waals surface area (Å²) in [6.45, 7) is 1.44. The number of amides is 1. The first-order chi connectivity index (χ1) is 13.1. The summed E-state index contributed by atoms with van der Waals surface area (Å²) in [6, 6.07) is 13.6. The van der Waals surface area contributed by atoms with Gasteiger partial charge in [0.15, 0.2) is 5.58 Å². The van der Waals surface area contributed by atoms with E-state index < -0.39 is 0 Å². The van der Waals surface area contributed by atoms with Crippen LogP contribution in [0.2, 0.25) is 0 Å². The maximum atomic E-state index is 12.6. The Labute approximate surface area is 157 Å². The van der Waals surface area contributed by atoms with Gasteiger partial charge in [-0.15, -0.1) is 0 Å². The Kier molecular flexibility index (Phi) is 4.58. The van der Waals surface area contributed by atoms with Crippen LogP contribution in [-0.2, 0) is 4.79 Å². The van der Waals surface area contributed by atoms with E-state index in [9.17, 15) is 4.79 Å². The van der Waals surface area contributed by atoms with Gasteiger partial charge in [-0.2, -0.15) is 4.98 Å². The third-order valence-corrected chi connectivity index (χ3v) is 4.94. The number of hydrogen-bond donors (Lipinski definition) is 2. The number of carbonyl (C=O) groups is 1. The molecule has 7 heteroatoms. The van der Waals surface area contributed by atoms with Crippen LogP contribution in [0.5, 0.6) is 5.75 Å². The Hall–Kier alpha value is -3.22. The van der Waals surface area contributed by atoms with Crippen molar-refractivity contribution < 1.29 is 13.9 Å². The van der Waals surface area contributed by atoms with Gasteiger partial charge in [-0.05, 0) is 37.1 Å². The molecule has 0 unspecified atom stereocenters. The SMILES string of the molecule is COc1ccc(N)c(NC(=O)C2CCN(c3nc4ccccc4o3)CC2)c1. The number of anilines is 3. The van der Waals surface area contributed by atoms with Gasteiger partial charge >= 0.3 is 0 Å². The van der Waals surface area contributed by atoms with Crippen molar-refractivity contribution in [1.29, 1.82) is 0 Å². The van der Waals surface area contributed by atoms with E-state index in [4.69, 9.17) is 14.9 Å². The first-order valence-electron chi connectivity index (χ1n) is 8.99. The molecule has 0 bridgehead atoms. The highest BCUT2D eigenvalue weighted by Crippen LogP contribution is 2.29. The zero-order valence-electron chi connectivity index (χ0n) is 15.1. The molecule has 1 amide bonds. The number of aromatic nitrogens is 1. The van der Waals surface area contributed by atoms with E-state index in [0.717, 1.165) is 37.0 Å². The fourth-order valence-electron chi connectivity index (χ4n) is 3.33. The highest BCUT2D eigenvalue weighted by molar-refractivity contribution is 5.95. The predicted molar refractivity (Wildman–Crippen MR) is 105 cm³/mol. The number of rotatable bonds is 4. The van der Waals surface area contributed by atoms with Crippen molar-refractivity contribution in [2.75, 3.05) is 36.1 Å². The number of para-hydroxylation sites is 2. The molecule has 3 N–H and O–H groups in total. The highest BCUT2D eigenvalue weighted by atomic mass is 16.5. The van der Waals surface area contributed by atoms with E-state index >= 15 is 0 Å². The van der Waals surface area contributed by atoms with Crippen molar-refractivity contribution in [3.8, 4) is 5.75 Å². The number of piperidine rings is 1. The smallest absolute Gasteiger partial charge is 0.298 e. The van der Waals surface area contributed by atoms with E-state index in [1.54, 1.807) is 25.3 Å². The quantitative estimate of drug-likeness (QED) is 0.688. The van der Waals surface area contributed by atoms with Gasteiger partial charge in [0.1, 0.15) is 11.3 Å². The topological polar surface area (TPSA) is 93.6 Å². The van der Waals surface area contributed by atoms with Crippen LogP contribution in [0.1, 0.15) is 12.8 Å². The van der Waals surface area contributed by atoms with Crippen molar-refractivity contribution in [2.45, 2.75) is 12.8 Å². The Morgan fingerprint density at radius 2 is 2.04 bits per heavy atom. The number of oxazole rings is 1. The van der Waals surface area contributed by atoms with Gasteiger partial charge in [0.25, 0.3) is 6.01 Å². The Morgan fingerprint density at radius 3 is 2.78 bits per heavy atom. The summed E-state index contributed by atoms with van der Waals surface area (Å²) in [6.07, 6.45) is 1.46. The van der Waals surface area contributed by atoms with E-state index in [2.05, 4.69) is 15.2 Å². The van der Waals surface area contributed by atoms with Crippen LogP contribution in [0.3, 0.4) is 0 Å². The first kappa shape index (κ1) is 17.2. The van der Waals surface area contributed by atoms with E-state index in [-0.39, 0.29) is 11.8 Å². The number of fused-ring (bicyclic) bond motifs is 1. The number of nitrogen functional groups attached to an aromatic ring is 1. The molecular weight excluding hydrogens is 344 g/mol. The molecule has 27 heavy (non-hydrogen) atoms. The minimum atomic E-state index is -0.0729. The molecule has 2 heterocycles. The third kappa shape index (κ3) is 3.53. The second-order valence-electron chi connectivity index (χ2n) is 6.67. The number of methoxy groups -OCH3 is 1. The molecule has 0 aliphatic carbocycles. The van der Waals surface area contributed by atoms with Gasteiger partial charge in [-0.1, -0.05) is 12.1 Å². The summed E-state index contributed by atoms with van der Waals surface area (Å²) in [5.74, 6) is 0.564. The van der Waals surface area contributed by atoms with Gasteiger partial charge in [0, 0.05) is 25.1 Å².